The summed E-state index contributed by atoms with van der Waals surface area (Å²) in [4.78, 5) is 0. The van der Waals surface area contributed by atoms with Crippen LogP contribution in [0.15, 0.2) is 48.5 Å². The molecule has 5 nitrogen and oxygen atoms in total. The van der Waals surface area contributed by atoms with Crippen molar-refractivity contribution in [2.75, 3.05) is 40.6 Å². The number of phenolic OH excluding ortho intramolecular Hbond substituents is 1. The lowest BCUT2D eigenvalue weighted by Gasteiger charge is -2.05. The monoisotopic (exact) mass is 364 g/mol. The first-order chi connectivity index (χ1) is 14.1. The molecular weight excluding hydrogens is 332 g/mol. The predicted molar refractivity (Wildman–Crippen MR) is 101 cm³/mol. The number of phenols is 1. The van der Waals surface area contributed by atoms with Gasteiger partial charge in [0.2, 0.25) is 0 Å². The molecule has 1 atom stereocenters. The molecule has 1 aliphatic heterocycles. The standard InChI is InChI=1S/C12H16O3.C9H12O2/c1-13-7-6-10-2-4-11(5-3-10)14-8-12-9-15-12;1-11-7-6-8-2-4-9(10)5-3-8/h2-5,12H,6-9H2,1H3;2-5,10H,6-7H2,1H3/i2*7D2. The molecule has 0 bridgehead atoms. The molecule has 1 unspecified atom stereocenters. The Morgan fingerprint density at radius 3 is 1.92 bits per heavy atom. The highest BCUT2D eigenvalue weighted by Gasteiger charge is 2.22. The summed E-state index contributed by atoms with van der Waals surface area (Å²) < 4.78 is 49.6. The molecule has 142 valence electrons. The molecule has 1 aliphatic rings. The fraction of sp³-hybridized carbons (Fsp3) is 0.429. The highest BCUT2D eigenvalue weighted by atomic mass is 16.6. The summed E-state index contributed by atoms with van der Waals surface area (Å²) in [6, 6.07) is 13.8. The fourth-order valence-electron chi connectivity index (χ4n) is 1.98. The van der Waals surface area contributed by atoms with Crippen molar-refractivity contribution in [1.82, 2.24) is 0 Å². The van der Waals surface area contributed by atoms with E-state index in [2.05, 4.69) is 4.74 Å². The zero-order valence-corrected chi connectivity index (χ0v) is 15.1. The molecule has 0 spiro atoms. The minimum atomic E-state index is -1.64. The maximum Gasteiger partial charge on any atom is 0.119 e. The lowest BCUT2D eigenvalue weighted by molar-refractivity contribution is 0.202. The van der Waals surface area contributed by atoms with Gasteiger partial charge >= 0.3 is 0 Å². The smallest absolute Gasteiger partial charge is 0.119 e. The molecule has 5 heteroatoms. The number of hydrogen-bond acceptors (Lipinski definition) is 5. The highest BCUT2D eigenvalue weighted by molar-refractivity contribution is 5.27. The van der Waals surface area contributed by atoms with E-state index in [1.54, 1.807) is 12.1 Å². The molecule has 1 N–H and O–H groups in total. The van der Waals surface area contributed by atoms with Gasteiger partial charge in [-0.25, -0.2) is 0 Å². The van der Waals surface area contributed by atoms with Gasteiger partial charge in [-0.15, -0.1) is 0 Å². The number of hydrogen-bond donors (Lipinski definition) is 1. The van der Waals surface area contributed by atoms with Crippen molar-refractivity contribution >= 4 is 0 Å². The number of ether oxygens (including phenoxy) is 4. The van der Waals surface area contributed by atoms with Crippen molar-refractivity contribution < 1.29 is 29.5 Å². The third-order valence-electron chi connectivity index (χ3n) is 3.54. The van der Waals surface area contributed by atoms with Gasteiger partial charge in [-0.05, 0) is 48.2 Å². The molecule has 0 saturated carbocycles. The third-order valence-corrected chi connectivity index (χ3v) is 3.54. The Hall–Kier alpha value is -2.08. The molecular formula is C21H28O5. The van der Waals surface area contributed by atoms with Crippen LogP contribution >= 0.6 is 0 Å². The second-order valence-electron chi connectivity index (χ2n) is 5.63. The van der Waals surface area contributed by atoms with Crippen LogP contribution in [-0.4, -0.2) is 51.8 Å². The van der Waals surface area contributed by atoms with Gasteiger partial charge in [0, 0.05) is 14.2 Å². The van der Waals surface area contributed by atoms with Crippen LogP contribution in [0.4, 0.5) is 0 Å². The maximum atomic E-state index is 8.99. The Bertz CT molecular complexity index is 762. The van der Waals surface area contributed by atoms with Crippen LogP contribution in [-0.2, 0) is 27.1 Å². The zero-order valence-electron chi connectivity index (χ0n) is 19.1. The van der Waals surface area contributed by atoms with E-state index in [9.17, 15) is 0 Å². The second-order valence-corrected chi connectivity index (χ2v) is 5.63. The first-order valence-corrected chi connectivity index (χ1v) is 8.34. The minimum absolute atomic E-state index is 0.182. The Morgan fingerprint density at radius 2 is 1.46 bits per heavy atom. The van der Waals surface area contributed by atoms with Gasteiger partial charge in [-0.2, -0.15) is 0 Å². The van der Waals surface area contributed by atoms with Gasteiger partial charge in [0.1, 0.15) is 24.2 Å². The predicted octanol–water partition coefficient (Wildman–Crippen LogP) is 3.23. The van der Waals surface area contributed by atoms with Crippen LogP contribution in [0.3, 0.4) is 0 Å². The van der Waals surface area contributed by atoms with Crippen molar-refractivity contribution in [1.29, 1.82) is 0 Å². The summed E-state index contributed by atoms with van der Waals surface area (Å²) in [5.41, 5.74) is 1.68. The summed E-state index contributed by atoms with van der Waals surface area (Å²) in [6.45, 7) is -1.90. The van der Waals surface area contributed by atoms with Crippen molar-refractivity contribution in [2.45, 2.75) is 18.9 Å². The molecule has 0 aromatic heterocycles. The van der Waals surface area contributed by atoms with E-state index in [0.29, 0.717) is 6.61 Å². The maximum absolute atomic E-state index is 8.99. The van der Waals surface area contributed by atoms with Crippen LogP contribution in [0, 0.1) is 0 Å². The number of rotatable bonds is 9. The van der Waals surface area contributed by atoms with Crippen molar-refractivity contribution in [3.05, 3.63) is 59.7 Å². The summed E-state index contributed by atoms with van der Waals surface area (Å²) in [6.07, 6.45) is 0.663. The third kappa shape index (κ3) is 8.34. The summed E-state index contributed by atoms with van der Waals surface area (Å²) in [7, 11) is 2.70. The first-order valence-electron chi connectivity index (χ1n) is 10.3. The van der Waals surface area contributed by atoms with Crippen molar-refractivity contribution in [3.8, 4) is 11.5 Å². The fourth-order valence-corrected chi connectivity index (χ4v) is 1.98. The Labute approximate surface area is 161 Å². The van der Waals surface area contributed by atoms with Crippen LogP contribution < -0.4 is 4.74 Å². The average molecular weight is 364 g/mol. The van der Waals surface area contributed by atoms with Gasteiger partial charge in [-0.1, -0.05) is 24.3 Å². The summed E-state index contributed by atoms with van der Waals surface area (Å²) in [5.74, 6) is 0.962. The SMILES string of the molecule is [2H]C([2H])(Cc1ccc(O)cc1)OC.[2H]C([2H])(Cc1ccc(OCC2CO2)cc1)OC. The molecule has 1 saturated heterocycles. The quantitative estimate of drug-likeness (QED) is 0.692. The Kier molecular flexibility index (Phi) is 6.66. The summed E-state index contributed by atoms with van der Waals surface area (Å²) >= 11 is 0. The van der Waals surface area contributed by atoms with E-state index in [0.717, 1.165) is 23.5 Å². The molecule has 1 fully saturated rings. The highest BCUT2D eigenvalue weighted by Crippen LogP contribution is 2.16. The number of epoxide rings is 1. The van der Waals surface area contributed by atoms with Crippen LogP contribution in [0.5, 0.6) is 11.5 Å². The van der Waals surface area contributed by atoms with Crippen LogP contribution in [0.1, 0.15) is 16.6 Å². The van der Waals surface area contributed by atoms with Gasteiger partial charge in [0.25, 0.3) is 0 Å². The van der Waals surface area contributed by atoms with Crippen molar-refractivity contribution in [3.63, 3.8) is 0 Å². The average Bonchev–Trinajstić information content (AvgIpc) is 3.54. The van der Waals surface area contributed by atoms with Gasteiger partial charge in [0.05, 0.1) is 25.2 Å². The lowest BCUT2D eigenvalue weighted by Crippen LogP contribution is -2.04. The lowest BCUT2D eigenvalue weighted by atomic mass is 10.1. The number of aryl methyl sites for hydroxylation is 2. The molecule has 0 amide bonds. The molecule has 26 heavy (non-hydrogen) atoms. The van der Waals surface area contributed by atoms with Gasteiger partial charge in [-0.3, -0.25) is 0 Å². The van der Waals surface area contributed by atoms with Crippen LogP contribution in [0.25, 0.3) is 0 Å². The van der Waals surface area contributed by atoms with Gasteiger partial charge < -0.3 is 24.1 Å². The Morgan fingerprint density at radius 1 is 0.962 bits per heavy atom. The molecule has 0 aliphatic carbocycles. The van der Waals surface area contributed by atoms with E-state index in [1.165, 1.54) is 26.4 Å². The first kappa shape index (κ1) is 15.0. The van der Waals surface area contributed by atoms with E-state index < -0.39 is 13.1 Å². The van der Waals surface area contributed by atoms with Crippen LogP contribution in [0.2, 0.25) is 0 Å². The zero-order chi connectivity index (χ0) is 22.2. The van der Waals surface area contributed by atoms with E-state index >= 15 is 0 Å². The number of benzene rings is 2. The normalized spacial score (nSPS) is 18.5. The van der Waals surface area contributed by atoms with Gasteiger partial charge in [0.15, 0.2) is 0 Å². The molecule has 2 aromatic rings. The van der Waals surface area contributed by atoms with E-state index in [-0.39, 0.29) is 24.7 Å². The summed E-state index contributed by atoms with van der Waals surface area (Å²) in [5, 5.41) is 8.99. The Balaban J connectivity index is 0.000000222. The largest absolute Gasteiger partial charge is 0.508 e. The second kappa shape index (κ2) is 11.5. The molecule has 3 rings (SSSR count). The number of methoxy groups -OCH3 is 2. The molecule has 2 aromatic carbocycles. The van der Waals surface area contributed by atoms with Crippen molar-refractivity contribution in [2.24, 2.45) is 0 Å². The number of aromatic hydroxyl groups is 1. The minimum Gasteiger partial charge on any atom is -0.508 e. The molecule has 0 radical (unpaired) electrons. The molecule has 1 heterocycles. The van der Waals surface area contributed by atoms with E-state index in [4.69, 9.17) is 24.8 Å². The van der Waals surface area contributed by atoms with E-state index in [1.807, 2.05) is 24.3 Å². The topological polar surface area (TPSA) is 60.5 Å².